The van der Waals surface area contributed by atoms with Gasteiger partial charge in [-0.25, -0.2) is 4.68 Å². The minimum Gasteiger partial charge on any atom is -0.359 e. The number of benzene rings is 2. The van der Waals surface area contributed by atoms with E-state index in [9.17, 15) is 27.9 Å². The van der Waals surface area contributed by atoms with E-state index in [0.717, 1.165) is 0 Å². The molecule has 2 heterocycles. The van der Waals surface area contributed by atoms with Gasteiger partial charge in [0.15, 0.2) is 5.82 Å². The largest absolute Gasteiger partial charge is 0.442 e. The first-order chi connectivity index (χ1) is 16.9. The van der Waals surface area contributed by atoms with Crippen LogP contribution < -0.4 is 10.6 Å². The Morgan fingerprint density at radius 2 is 1.97 bits per heavy atom. The zero-order chi connectivity index (χ0) is 26.1. The van der Waals surface area contributed by atoms with Crippen LogP contribution in [0.15, 0.2) is 54.6 Å². The number of hydrogen-bond acceptors (Lipinski definition) is 5. The SMILES string of the molecule is CC(O)(OCc1cc(Cl)cc(-c2cc(NC(=O)[C@@H]3CNC(=O)C3)nn2-c2ccccc2)c1)C(F)(F)F. The highest BCUT2D eigenvalue weighted by Gasteiger charge is 2.51. The third-order valence-corrected chi connectivity index (χ3v) is 5.83. The van der Waals surface area contributed by atoms with Crippen molar-refractivity contribution in [3.63, 3.8) is 0 Å². The minimum absolute atomic E-state index is 0.0808. The van der Waals surface area contributed by atoms with Crippen LogP contribution in [0.25, 0.3) is 16.9 Å². The molecule has 3 aromatic rings. The molecular formula is C24H22ClF3N4O4. The van der Waals surface area contributed by atoms with Gasteiger partial charge in [0.2, 0.25) is 11.8 Å². The van der Waals surface area contributed by atoms with Crippen LogP contribution in [0.2, 0.25) is 5.02 Å². The Morgan fingerprint density at radius 1 is 1.25 bits per heavy atom. The van der Waals surface area contributed by atoms with Crippen LogP contribution in [-0.4, -0.2) is 45.2 Å². The summed E-state index contributed by atoms with van der Waals surface area (Å²) in [5.74, 6) is -4.22. The van der Waals surface area contributed by atoms with Gasteiger partial charge < -0.3 is 20.5 Å². The lowest BCUT2D eigenvalue weighted by Gasteiger charge is -2.26. The van der Waals surface area contributed by atoms with Gasteiger partial charge in [-0.05, 0) is 42.8 Å². The monoisotopic (exact) mass is 522 g/mol. The Hall–Kier alpha value is -3.41. The lowest BCUT2D eigenvalue weighted by molar-refractivity contribution is -0.360. The number of nitrogens with zero attached hydrogens (tertiary/aromatic N) is 2. The maximum absolute atomic E-state index is 13.0. The van der Waals surface area contributed by atoms with Gasteiger partial charge in [-0.1, -0.05) is 29.8 Å². The summed E-state index contributed by atoms with van der Waals surface area (Å²) >= 11 is 6.25. The number of aliphatic hydroxyl groups is 1. The van der Waals surface area contributed by atoms with Crippen LogP contribution in [0.1, 0.15) is 18.9 Å². The van der Waals surface area contributed by atoms with E-state index < -0.39 is 24.5 Å². The van der Waals surface area contributed by atoms with Crippen molar-refractivity contribution in [1.82, 2.24) is 15.1 Å². The van der Waals surface area contributed by atoms with Gasteiger partial charge in [-0.15, -0.1) is 5.10 Å². The first kappa shape index (κ1) is 25.7. The number of anilines is 1. The second-order valence-electron chi connectivity index (χ2n) is 8.47. The third-order valence-electron chi connectivity index (χ3n) is 5.61. The number of nitrogens with one attached hydrogen (secondary N) is 2. The number of ether oxygens (including phenoxy) is 1. The average Bonchev–Trinajstić information content (AvgIpc) is 3.44. The van der Waals surface area contributed by atoms with Gasteiger partial charge in [-0.2, -0.15) is 13.2 Å². The number of carbonyl (C=O) groups excluding carboxylic acids is 2. The Labute approximate surface area is 209 Å². The summed E-state index contributed by atoms with van der Waals surface area (Å²) in [4.78, 5) is 24.1. The summed E-state index contributed by atoms with van der Waals surface area (Å²) in [5.41, 5.74) is 1.92. The van der Waals surface area contributed by atoms with Gasteiger partial charge in [-0.3, -0.25) is 9.59 Å². The predicted molar refractivity (Wildman–Crippen MR) is 125 cm³/mol. The predicted octanol–water partition coefficient (Wildman–Crippen LogP) is 4.05. The summed E-state index contributed by atoms with van der Waals surface area (Å²) in [6.07, 6.45) is -4.90. The molecule has 0 aliphatic carbocycles. The molecule has 36 heavy (non-hydrogen) atoms. The molecule has 1 aromatic heterocycles. The van der Waals surface area contributed by atoms with Gasteiger partial charge in [0.1, 0.15) is 0 Å². The minimum atomic E-state index is -4.98. The standard InChI is InChI=1S/C24H22ClF3N4O4/c1-23(35,24(26,27)28)36-13-14-7-15(9-17(25)8-14)19-11-20(30-22(34)16-10-21(33)29-12-16)31-32(19)18-5-3-2-4-6-18/h2-9,11,16,35H,10,12-13H2,1H3,(H,29,33)(H,30,31,34)/t16-,23?/m0/s1. The zero-order valence-electron chi connectivity index (χ0n) is 19.0. The van der Waals surface area contributed by atoms with E-state index in [1.165, 1.54) is 6.07 Å². The van der Waals surface area contributed by atoms with Crippen LogP contribution >= 0.6 is 11.6 Å². The topological polar surface area (TPSA) is 105 Å². The summed E-state index contributed by atoms with van der Waals surface area (Å²) in [6.45, 7) is 0.188. The highest BCUT2D eigenvalue weighted by Crippen LogP contribution is 2.33. The Morgan fingerprint density at radius 3 is 2.61 bits per heavy atom. The van der Waals surface area contributed by atoms with Crippen molar-refractivity contribution in [1.29, 1.82) is 0 Å². The fraction of sp³-hybridized carbons (Fsp3) is 0.292. The van der Waals surface area contributed by atoms with Crippen LogP contribution in [-0.2, 0) is 20.9 Å². The lowest BCUT2D eigenvalue weighted by atomic mass is 10.1. The second kappa shape index (κ2) is 9.92. The molecule has 0 radical (unpaired) electrons. The van der Waals surface area contributed by atoms with Crippen LogP contribution in [0.5, 0.6) is 0 Å². The molecule has 8 nitrogen and oxygen atoms in total. The number of rotatable bonds is 7. The first-order valence-electron chi connectivity index (χ1n) is 10.9. The van der Waals surface area contributed by atoms with E-state index in [1.54, 1.807) is 47.1 Å². The van der Waals surface area contributed by atoms with Crippen LogP contribution in [0.3, 0.4) is 0 Å². The van der Waals surface area contributed by atoms with Gasteiger partial charge in [0.25, 0.3) is 5.79 Å². The van der Waals surface area contributed by atoms with Crippen LogP contribution in [0.4, 0.5) is 19.0 Å². The molecule has 1 unspecified atom stereocenters. The molecule has 1 aliphatic heterocycles. The normalized spacial score (nSPS) is 17.5. The average molecular weight is 523 g/mol. The van der Waals surface area contributed by atoms with E-state index in [4.69, 9.17) is 16.3 Å². The summed E-state index contributed by atoms with van der Waals surface area (Å²) in [5, 5.41) is 19.6. The fourth-order valence-corrected chi connectivity index (χ4v) is 3.88. The number of halogens is 4. The Bertz CT molecular complexity index is 1280. The highest BCUT2D eigenvalue weighted by atomic mass is 35.5. The number of carbonyl (C=O) groups is 2. The Kier molecular flexibility index (Phi) is 7.07. The number of alkyl halides is 3. The second-order valence-corrected chi connectivity index (χ2v) is 8.91. The van der Waals surface area contributed by atoms with E-state index >= 15 is 0 Å². The summed E-state index contributed by atoms with van der Waals surface area (Å²) in [6, 6.07) is 15.2. The van der Waals surface area contributed by atoms with Crippen molar-refractivity contribution < 1.29 is 32.6 Å². The molecule has 1 saturated heterocycles. The van der Waals surface area contributed by atoms with Crippen molar-refractivity contribution in [2.24, 2.45) is 5.92 Å². The molecule has 4 rings (SSSR count). The smallest absolute Gasteiger partial charge is 0.359 e. The van der Waals surface area contributed by atoms with Gasteiger partial charge >= 0.3 is 6.18 Å². The highest BCUT2D eigenvalue weighted by molar-refractivity contribution is 6.31. The van der Waals surface area contributed by atoms with Crippen molar-refractivity contribution in [2.75, 3.05) is 11.9 Å². The molecule has 2 aromatic carbocycles. The zero-order valence-corrected chi connectivity index (χ0v) is 19.7. The van der Waals surface area contributed by atoms with E-state index in [0.29, 0.717) is 23.9 Å². The number of para-hydroxylation sites is 1. The molecule has 0 bridgehead atoms. The molecule has 3 N–H and O–H groups in total. The first-order valence-corrected chi connectivity index (χ1v) is 11.3. The van der Waals surface area contributed by atoms with Crippen molar-refractivity contribution >= 4 is 29.2 Å². The van der Waals surface area contributed by atoms with Crippen molar-refractivity contribution in [3.8, 4) is 16.9 Å². The summed E-state index contributed by atoms with van der Waals surface area (Å²) < 4.78 is 45.2. The number of aromatic nitrogens is 2. The molecular weight excluding hydrogens is 501 g/mol. The molecule has 190 valence electrons. The maximum atomic E-state index is 13.0. The van der Waals surface area contributed by atoms with E-state index in [-0.39, 0.29) is 41.2 Å². The molecule has 12 heteroatoms. The summed E-state index contributed by atoms with van der Waals surface area (Å²) in [7, 11) is 0. The molecule has 2 amide bonds. The molecule has 0 saturated carbocycles. The lowest BCUT2D eigenvalue weighted by Crippen LogP contribution is -2.44. The quantitative estimate of drug-likeness (QED) is 0.406. The van der Waals surface area contributed by atoms with Gasteiger partial charge in [0.05, 0.1) is 23.9 Å². The van der Waals surface area contributed by atoms with Crippen molar-refractivity contribution in [3.05, 3.63) is 65.2 Å². The molecule has 0 spiro atoms. The van der Waals surface area contributed by atoms with Gasteiger partial charge in [0, 0.05) is 29.6 Å². The van der Waals surface area contributed by atoms with Crippen molar-refractivity contribution in [2.45, 2.75) is 31.9 Å². The maximum Gasteiger partial charge on any atom is 0.442 e. The number of hydrogen-bond donors (Lipinski definition) is 3. The molecule has 2 atom stereocenters. The molecule has 1 fully saturated rings. The third kappa shape index (κ3) is 5.69. The fourth-order valence-electron chi connectivity index (χ4n) is 3.62. The van der Waals surface area contributed by atoms with Crippen LogP contribution in [0, 0.1) is 5.92 Å². The van der Waals surface area contributed by atoms with E-state index in [1.807, 2.05) is 6.07 Å². The molecule has 1 aliphatic rings. The number of amides is 2. The Balaban J connectivity index is 1.67. The van der Waals surface area contributed by atoms with E-state index in [2.05, 4.69) is 15.7 Å².